The highest BCUT2D eigenvalue weighted by atomic mass is 19.4. The van der Waals surface area contributed by atoms with Crippen molar-refractivity contribution >= 4 is 11.7 Å². The number of carbonyl (C=O) groups excluding carboxylic acids is 1. The van der Waals surface area contributed by atoms with Crippen LogP contribution in [0.5, 0.6) is 0 Å². The van der Waals surface area contributed by atoms with E-state index in [2.05, 4.69) is 10.3 Å². The third-order valence-corrected chi connectivity index (χ3v) is 2.43. The minimum atomic E-state index is -4.67. The van der Waals surface area contributed by atoms with Crippen molar-refractivity contribution in [1.82, 2.24) is 4.98 Å². The third kappa shape index (κ3) is 4.07. The molecule has 0 aliphatic heterocycles. The van der Waals surface area contributed by atoms with Crippen LogP contribution in [-0.4, -0.2) is 39.9 Å². The zero-order chi connectivity index (χ0) is 15.6. The highest BCUT2D eigenvalue weighted by Crippen LogP contribution is 2.29. The number of rotatable bonds is 5. The molecule has 0 radical (unpaired) electrons. The number of amides is 1. The second-order valence-electron chi connectivity index (χ2n) is 4.46. The molecule has 112 valence electrons. The van der Waals surface area contributed by atoms with Crippen LogP contribution in [0.3, 0.4) is 0 Å². The molecule has 5 N–H and O–H groups in total. The standard InChI is InChI=1S/C11H14F3N3O3/c1-10(20,5-18)4-16-9-6(8(15)19)2-3-7(17-9)11(12,13)14/h2-3,18,20H,4-5H2,1H3,(H2,15,19)(H,16,17). The van der Waals surface area contributed by atoms with Crippen molar-refractivity contribution in [2.45, 2.75) is 18.7 Å². The molecule has 0 aliphatic carbocycles. The van der Waals surface area contributed by atoms with Crippen molar-refractivity contribution in [2.75, 3.05) is 18.5 Å². The van der Waals surface area contributed by atoms with Crippen LogP contribution in [0.4, 0.5) is 19.0 Å². The van der Waals surface area contributed by atoms with Gasteiger partial charge in [0.05, 0.1) is 12.2 Å². The molecule has 1 aromatic heterocycles. The maximum atomic E-state index is 12.5. The number of nitrogens with two attached hydrogens (primary N) is 1. The quantitative estimate of drug-likeness (QED) is 0.626. The van der Waals surface area contributed by atoms with Crippen LogP contribution in [0, 0.1) is 0 Å². The Labute approximate surface area is 112 Å². The van der Waals surface area contributed by atoms with Crippen molar-refractivity contribution < 1.29 is 28.2 Å². The number of aromatic nitrogens is 1. The Bertz CT molecular complexity index is 503. The smallest absolute Gasteiger partial charge is 0.393 e. The maximum Gasteiger partial charge on any atom is 0.433 e. The molecule has 1 atom stereocenters. The van der Waals surface area contributed by atoms with E-state index in [-0.39, 0.29) is 12.1 Å². The van der Waals surface area contributed by atoms with E-state index < -0.39 is 35.8 Å². The van der Waals surface area contributed by atoms with E-state index in [1.165, 1.54) is 6.92 Å². The van der Waals surface area contributed by atoms with Gasteiger partial charge in [-0.2, -0.15) is 13.2 Å². The van der Waals surface area contributed by atoms with Gasteiger partial charge in [-0.15, -0.1) is 0 Å². The van der Waals surface area contributed by atoms with Crippen LogP contribution >= 0.6 is 0 Å². The van der Waals surface area contributed by atoms with Crippen LogP contribution in [0.15, 0.2) is 12.1 Å². The molecule has 0 bridgehead atoms. The van der Waals surface area contributed by atoms with Gasteiger partial charge in [0.15, 0.2) is 0 Å². The van der Waals surface area contributed by atoms with E-state index in [1.807, 2.05) is 0 Å². The molecule has 0 saturated heterocycles. The Morgan fingerprint density at radius 2 is 2.05 bits per heavy atom. The van der Waals surface area contributed by atoms with Crippen molar-refractivity contribution in [2.24, 2.45) is 5.73 Å². The molecule has 0 spiro atoms. The molecule has 0 aliphatic rings. The summed E-state index contributed by atoms with van der Waals surface area (Å²) in [4.78, 5) is 14.4. The summed E-state index contributed by atoms with van der Waals surface area (Å²) in [6.45, 7) is 0.334. The summed E-state index contributed by atoms with van der Waals surface area (Å²) in [6.07, 6.45) is -4.67. The van der Waals surface area contributed by atoms with Gasteiger partial charge in [0.25, 0.3) is 5.91 Å². The number of carbonyl (C=O) groups is 1. The van der Waals surface area contributed by atoms with E-state index in [9.17, 15) is 23.1 Å². The Morgan fingerprint density at radius 1 is 1.45 bits per heavy atom. The Morgan fingerprint density at radius 3 is 2.50 bits per heavy atom. The van der Waals surface area contributed by atoms with Gasteiger partial charge < -0.3 is 21.3 Å². The molecule has 1 rings (SSSR count). The van der Waals surface area contributed by atoms with E-state index >= 15 is 0 Å². The Kier molecular flexibility index (Phi) is 4.56. The van der Waals surface area contributed by atoms with E-state index in [0.717, 1.165) is 6.07 Å². The van der Waals surface area contributed by atoms with Gasteiger partial charge in [-0.3, -0.25) is 4.79 Å². The third-order valence-electron chi connectivity index (χ3n) is 2.43. The lowest BCUT2D eigenvalue weighted by molar-refractivity contribution is -0.141. The van der Waals surface area contributed by atoms with Crippen LogP contribution in [0.25, 0.3) is 0 Å². The van der Waals surface area contributed by atoms with Gasteiger partial charge in [-0.05, 0) is 19.1 Å². The normalized spacial score (nSPS) is 14.7. The number of aliphatic hydroxyl groups excluding tert-OH is 1. The summed E-state index contributed by atoms with van der Waals surface area (Å²) in [5.74, 6) is -1.36. The van der Waals surface area contributed by atoms with Crippen LogP contribution < -0.4 is 11.1 Å². The van der Waals surface area contributed by atoms with Gasteiger partial charge in [0.2, 0.25) is 0 Å². The fourth-order valence-electron chi connectivity index (χ4n) is 1.28. The van der Waals surface area contributed by atoms with Gasteiger partial charge in [0.1, 0.15) is 17.1 Å². The Hall–Kier alpha value is -1.87. The zero-order valence-corrected chi connectivity index (χ0v) is 10.5. The monoisotopic (exact) mass is 293 g/mol. The fourth-order valence-corrected chi connectivity index (χ4v) is 1.28. The predicted molar refractivity (Wildman–Crippen MR) is 64.0 cm³/mol. The summed E-state index contributed by atoms with van der Waals surface area (Å²) < 4.78 is 37.6. The molecule has 1 amide bonds. The largest absolute Gasteiger partial charge is 0.433 e. The fraction of sp³-hybridized carbons (Fsp3) is 0.455. The van der Waals surface area contributed by atoms with Crippen molar-refractivity contribution in [3.05, 3.63) is 23.4 Å². The first-order chi connectivity index (χ1) is 9.07. The lowest BCUT2D eigenvalue weighted by Crippen LogP contribution is -2.37. The highest BCUT2D eigenvalue weighted by Gasteiger charge is 2.33. The number of primary amides is 1. The number of halogens is 3. The number of pyridine rings is 1. The zero-order valence-electron chi connectivity index (χ0n) is 10.5. The molecule has 1 unspecified atom stereocenters. The molecular weight excluding hydrogens is 279 g/mol. The molecule has 0 saturated carbocycles. The summed E-state index contributed by atoms with van der Waals surface area (Å²) in [6, 6.07) is 1.53. The molecule has 1 heterocycles. The number of nitrogens with zero attached hydrogens (tertiary/aromatic N) is 1. The molecule has 20 heavy (non-hydrogen) atoms. The SMILES string of the molecule is CC(O)(CO)CNc1nc(C(F)(F)F)ccc1C(N)=O. The first-order valence-electron chi connectivity index (χ1n) is 5.52. The number of hydrogen-bond acceptors (Lipinski definition) is 5. The van der Waals surface area contributed by atoms with E-state index in [0.29, 0.717) is 6.07 Å². The first-order valence-corrected chi connectivity index (χ1v) is 5.52. The van der Waals surface area contributed by atoms with Gasteiger partial charge in [-0.25, -0.2) is 4.98 Å². The van der Waals surface area contributed by atoms with Gasteiger partial charge in [-0.1, -0.05) is 0 Å². The average molecular weight is 293 g/mol. The van der Waals surface area contributed by atoms with Crippen molar-refractivity contribution in [3.63, 3.8) is 0 Å². The predicted octanol–water partition coefficient (Wildman–Crippen LogP) is 0.355. The Balaban J connectivity index is 3.10. The lowest BCUT2D eigenvalue weighted by Gasteiger charge is -2.22. The van der Waals surface area contributed by atoms with Crippen molar-refractivity contribution in [1.29, 1.82) is 0 Å². The number of hydrogen-bond donors (Lipinski definition) is 4. The van der Waals surface area contributed by atoms with Crippen LogP contribution in [0.2, 0.25) is 0 Å². The summed E-state index contributed by atoms with van der Waals surface area (Å²) in [7, 11) is 0. The van der Waals surface area contributed by atoms with Crippen LogP contribution in [0.1, 0.15) is 23.0 Å². The number of aliphatic hydroxyl groups is 2. The lowest BCUT2D eigenvalue weighted by atomic mass is 10.1. The van der Waals surface area contributed by atoms with Crippen molar-refractivity contribution in [3.8, 4) is 0 Å². The minimum Gasteiger partial charge on any atom is -0.393 e. The highest BCUT2D eigenvalue weighted by molar-refractivity contribution is 5.97. The number of nitrogens with one attached hydrogen (secondary N) is 1. The summed E-state index contributed by atoms with van der Waals surface area (Å²) in [5, 5.41) is 20.8. The minimum absolute atomic E-state index is 0.244. The first kappa shape index (κ1) is 16.2. The molecule has 9 heteroatoms. The maximum absolute atomic E-state index is 12.5. The molecule has 0 aromatic carbocycles. The molecule has 0 fully saturated rings. The van der Waals surface area contributed by atoms with Crippen LogP contribution in [-0.2, 0) is 6.18 Å². The van der Waals surface area contributed by atoms with Gasteiger partial charge in [0, 0.05) is 6.54 Å². The molecule has 1 aromatic rings. The van der Waals surface area contributed by atoms with Gasteiger partial charge >= 0.3 is 6.18 Å². The number of alkyl halides is 3. The van der Waals surface area contributed by atoms with E-state index in [4.69, 9.17) is 10.8 Å². The second-order valence-corrected chi connectivity index (χ2v) is 4.46. The second kappa shape index (κ2) is 5.63. The topological polar surface area (TPSA) is 108 Å². The summed E-state index contributed by atoms with van der Waals surface area (Å²) >= 11 is 0. The number of anilines is 1. The average Bonchev–Trinajstić information content (AvgIpc) is 2.35. The molecule has 6 nitrogen and oxygen atoms in total. The molecular formula is C11H14F3N3O3. The van der Waals surface area contributed by atoms with E-state index in [1.54, 1.807) is 0 Å². The summed E-state index contributed by atoms with van der Waals surface area (Å²) in [5.41, 5.74) is 2.01.